The van der Waals surface area contributed by atoms with Crippen LogP contribution in [0.4, 0.5) is 4.79 Å². The quantitative estimate of drug-likeness (QED) is 0.852. The van der Waals surface area contributed by atoms with Gasteiger partial charge in [0.05, 0.1) is 0 Å². The Hall–Kier alpha value is -1.10. The Bertz CT molecular complexity index is 400. The van der Waals surface area contributed by atoms with E-state index in [0.29, 0.717) is 5.88 Å². The van der Waals surface area contributed by atoms with Crippen LogP contribution in [-0.2, 0) is 0 Å². The highest BCUT2D eigenvalue weighted by molar-refractivity contribution is 9.09. The van der Waals surface area contributed by atoms with Gasteiger partial charge in [0.1, 0.15) is 0 Å². The zero-order chi connectivity index (χ0) is 13.1. The van der Waals surface area contributed by atoms with E-state index >= 15 is 0 Å². The molecule has 1 heterocycles. The largest absolute Gasteiger partial charge is 0.414 e. The number of hydrogen-bond acceptors (Lipinski definition) is 3. The van der Waals surface area contributed by atoms with E-state index < -0.39 is 6.09 Å². The molecule has 1 amide bonds. The molecule has 1 atom stereocenters. The maximum Gasteiger partial charge on any atom is 0.414 e. The van der Waals surface area contributed by atoms with Gasteiger partial charge >= 0.3 is 6.09 Å². The minimum atomic E-state index is -0.496. The van der Waals surface area contributed by atoms with Crippen molar-refractivity contribution in [2.24, 2.45) is 0 Å². The third-order valence-electron chi connectivity index (χ3n) is 1.89. The Balaban J connectivity index is 2.69. The van der Waals surface area contributed by atoms with Crippen LogP contribution >= 0.6 is 15.9 Å². The maximum atomic E-state index is 11.5. The zero-order valence-corrected chi connectivity index (χ0v) is 12.0. The molecule has 0 spiro atoms. The molecule has 17 heavy (non-hydrogen) atoms. The number of pyridine rings is 1. The summed E-state index contributed by atoms with van der Waals surface area (Å²) in [6, 6.07) is 3.61. The molecule has 1 aromatic heterocycles. The summed E-state index contributed by atoms with van der Waals surface area (Å²) in [5, 5.41) is 2.70. The lowest BCUT2D eigenvalue weighted by molar-refractivity contribution is 0.189. The van der Waals surface area contributed by atoms with Gasteiger partial charge in [0.15, 0.2) is 0 Å². The second-order valence-corrected chi connectivity index (χ2v) is 6.18. The van der Waals surface area contributed by atoms with E-state index in [2.05, 4.69) is 26.2 Å². The number of ether oxygens (including phenoxy) is 1. The summed E-state index contributed by atoms with van der Waals surface area (Å²) in [6.07, 6.45) is 1.12. The summed E-state index contributed by atoms with van der Waals surface area (Å²) in [4.78, 5) is 15.7. The van der Waals surface area contributed by atoms with Crippen molar-refractivity contribution in [2.45, 2.75) is 38.1 Å². The average Bonchev–Trinajstić information content (AvgIpc) is 2.14. The smallest absolute Gasteiger partial charge is 0.391 e. The van der Waals surface area contributed by atoms with E-state index in [0.717, 1.165) is 5.56 Å². The highest BCUT2D eigenvalue weighted by Gasteiger charge is 2.16. The fourth-order valence-electron chi connectivity index (χ4n) is 1.15. The van der Waals surface area contributed by atoms with Crippen molar-refractivity contribution in [2.75, 3.05) is 0 Å². The second kappa shape index (κ2) is 5.49. The van der Waals surface area contributed by atoms with E-state index in [4.69, 9.17) is 4.74 Å². The normalized spacial score (nSPS) is 13.0. The lowest BCUT2D eigenvalue weighted by Crippen LogP contribution is -2.42. The molecule has 1 unspecified atom stereocenters. The second-order valence-electron chi connectivity index (χ2n) is 4.81. The average molecular weight is 301 g/mol. The summed E-state index contributed by atoms with van der Waals surface area (Å²) in [5.41, 5.74) is 0.691. The number of alkyl halides is 1. The van der Waals surface area contributed by atoms with Crippen LogP contribution in [0.15, 0.2) is 18.3 Å². The van der Waals surface area contributed by atoms with Gasteiger partial charge in [0.25, 0.3) is 0 Å². The van der Waals surface area contributed by atoms with Crippen LogP contribution in [0.1, 0.15) is 38.1 Å². The van der Waals surface area contributed by atoms with Gasteiger partial charge in [-0.1, -0.05) is 15.9 Å². The maximum absolute atomic E-state index is 11.5. The predicted molar refractivity (Wildman–Crippen MR) is 70.5 cm³/mol. The molecule has 0 bridgehead atoms. The SMILES string of the molecule is CC(Br)c1ccnc(OC(=O)NC(C)(C)C)c1. The number of nitrogens with zero attached hydrogens (tertiary/aromatic N) is 1. The Labute approximate surface area is 110 Å². The highest BCUT2D eigenvalue weighted by Crippen LogP contribution is 2.23. The number of hydrogen-bond donors (Lipinski definition) is 1. The first-order chi connectivity index (χ1) is 7.78. The molecule has 1 aromatic rings. The van der Waals surface area contributed by atoms with Gasteiger partial charge in [0, 0.05) is 22.6 Å². The Morgan fingerprint density at radius 2 is 2.18 bits per heavy atom. The lowest BCUT2D eigenvalue weighted by atomic mass is 10.1. The molecule has 0 saturated carbocycles. The Kier molecular flexibility index (Phi) is 4.51. The molecular formula is C12H17BrN2O2. The molecule has 0 fully saturated rings. The molecule has 0 aliphatic heterocycles. The summed E-state index contributed by atoms with van der Waals surface area (Å²) >= 11 is 3.45. The van der Waals surface area contributed by atoms with Crippen LogP contribution in [0, 0.1) is 0 Å². The van der Waals surface area contributed by atoms with Gasteiger partial charge < -0.3 is 10.1 Å². The number of rotatable bonds is 2. The van der Waals surface area contributed by atoms with Gasteiger partial charge in [-0.15, -0.1) is 0 Å². The fourth-order valence-corrected chi connectivity index (χ4v) is 1.44. The molecule has 0 aromatic carbocycles. The van der Waals surface area contributed by atoms with Crippen molar-refractivity contribution in [3.8, 4) is 5.88 Å². The van der Waals surface area contributed by atoms with Crippen molar-refractivity contribution < 1.29 is 9.53 Å². The summed E-state index contributed by atoms with van der Waals surface area (Å²) in [5.74, 6) is 0.301. The van der Waals surface area contributed by atoms with Crippen LogP contribution in [0.3, 0.4) is 0 Å². The lowest BCUT2D eigenvalue weighted by Gasteiger charge is -2.19. The molecule has 0 radical (unpaired) electrons. The minimum absolute atomic E-state index is 0.193. The number of nitrogens with one attached hydrogen (secondary N) is 1. The van der Waals surface area contributed by atoms with Crippen LogP contribution in [0.2, 0.25) is 0 Å². The van der Waals surface area contributed by atoms with E-state index in [1.807, 2.05) is 33.8 Å². The summed E-state index contributed by atoms with van der Waals surface area (Å²) in [7, 11) is 0. The highest BCUT2D eigenvalue weighted by atomic mass is 79.9. The molecule has 4 nitrogen and oxygen atoms in total. The number of carbonyl (C=O) groups excluding carboxylic acids is 1. The van der Waals surface area contributed by atoms with Crippen LogP contribution in [0.25, 0.3) is 0 Å². The molecular weight excluding hydrogens is 284 g/mol. The first-order valence-electron chi connectivity index (χ1n) is 5.38. The van der Waals surface area contributed by atoms with Crippen LogP contribution in [0.5, 0.6) is 5.88 Å². The van der Waals surface area contributed by atoms with Crippen LogP contribution in [-0.4, -0.2) is 16.6 Å². The van der Waals surface area contributed by atoms with Crippen molar-refractivity contribution >= 4 is 22.0 Å². The van der Waals surface area contributed by atoms with Crippen molar-refractivity contribution in [3.05, 3.63) is 23.9 Å². The minimum Gasteiger partial charge on any atom is -0.391 e. The van der Waals surface area contributed by atoms with Gasteiger partial charge in [-0.3, -0.25) is 0 Å². The first kappa shape index (κ1) is 14.0. The molecule has 0 aliphatic rings. The third kappa shape index (κ3) is 5.17. The summed E-state index contributed by atoms with van der Waals surface area (Å²) in [6.45, 7) is 7.66. The van der Waals surface area contributed by atoms with Crippen molar-refractivity contribution in [1.29, 1.82) is 0 Å². The van der Waals surface area contributed by atoms with E-state index in [1.165, 1.54) is 0 Å². The summed E-state index contributed by atoms with van der Waals surface area (Å²) < 4.78 is 5.10. The number of aromatic nitrogens is 1. The predicted octanol–water partition coefficient (Wildman–Crippen LogP) is 3.42. The van der Waals surface area contributed by atoms with E-state index in [1.54, 1.807) is 12.3 Å². The molecule has 1 rings (SSSR count). The third-order valence-corrected chi connectivity index (χ3v) is 2.42. The molecule has 5 heteroatoms. The number of amides is 1. The zero-order valence-electron chi connectivity index (χ0n) is 10.5. The van der Waals surface area contributed by atoms with Crippen molar-refractivity contribution in [1.82, 2.24) is 10.3 Å². The van der Waals surface area contributed by atoms with Gasteiger partial charge in [-0.25, -0.2) is 9.78 Å². The van der Waals surface area contributed by atoms with Crippen LogP contribution < -0.4 is 10.1 Å². The van der Waals surface area contributed by atoms with Gasteiger partial charge in [-0.05, 0) is 39.3 Å². The Morgan fingerprint density at radius 3 is 2.71 bits per heavy atom. The molecule has 1 N–H and O–H groups in total. The number of carbonyl (C=O) groups is 1. The fraction of sp³-hybridized carbons (Fsp3) is 0.500. The molecule has 94 valence electrons. The monoisotopic (exact) mass is 300 g/mol. The number of halogens is 1. The first-order valence-corrected chi connectivity index (χ1v) is 6.29. The van der Waals surface area contributed by atoms with Crippen molar-refractivity contribution in [3.63, 3.8) is 0 Å². The van der Waals surface area contributed by atoms with E-state index in [-0.39, 0.29) is 10.4 Å². The topological polar surface area (TPSA) is 51.2 Å². The Morgan fingerprint density at radius 1 is 1.53 bits per heavy atom. The standard InChI is InChI=1S/C12H17BrN2O2/c1-8(13)9-5-6-14-10(7-9)17-11(16)15-12(2,3)4/h5-8H,1-4H3,(H,15,16). The van der Waals surface area contributed by atoms with Gasteiger partial charge in [0.2, 0.25) is 5.88 Å². The molecule has 0 aliphatic carbocycles. The van der Waals surface area contributed by atoms with E-state index in [9.17, 15) is 4.79 Å². The van der Waals surface area contributed by atoms with Gasteiger partial charge in [-0.2, -0.15) is 0 Å². The molecule has 0 saturated heterocycles.